The Morgan fingerprint density at radius 3 is 0.167 bits per heavy atom. The van der Waals surface area contributed by atoms with Crippen LogP contribution in [0.25, 0.3) is 0 Å². The molecule has 29 N–H and O–H groups in total. The van der Waals surface area contributed by atoms with Gasteiger partial charge in [0.2, 0.25) is 0 Å². The molecule has 0 radical (unpaired) electrons. The summed E-state index contributed by atoms with van der Waals surface area (Å²) in [5.74, 6) is 0. The topological polar surface area (TPSA) is 860 Å². The number of hydrogen-bond donors (Lipinski definition) is 29. The molecule has 388 valence electrons. The molecule has 0 amide bonds. The summed E-state index contributed by atoms with van der Waals surface area (Å²) in [6.07, 6.45) is 0. The van der Waals surface area contributed by atoms with E-state index in [1.165, 1.54) is 0 Å². The third kappa shape index (κ3) is 42000. The van der Waals surface area contributed by atoms with Gasteiger partial charge >= 0.3 is 142 Å². The summed E-state index contributed by atoms with van der Waals surface area (Å²) >= 11 is -3.69. The average molecular weight is 1250 g/mol. The van der Waals surface area contributed by atoms with Gasteiger partial charge in [-0.1, -0.05) is 0 Å². The molecule has 0 rings (SSSR count). The average Bonchev–Trinajstić information content (AvgIpc) is 2.78. The van der Waals surface area contributed by atoms with Gasteiger partial charge in [0.1, 0.15) is 0 Å². The molecule has 0 saturated carbocycles. The minimum absolute atomic E-state index is 3.13. The van der Waals surface area contributed by atoms with Gasteiger partial charge in [-0.3, -0.25) is 63.9 Å². The van der Waals surface area contributed by atoms with Crippen molar-refractivity contribution >= 4 is 116 Å². The number of hydrogen-bond acceptors (Lipinski definition) is 16. The third-order valence-corrected chi connectivity index (χ3v) is 0. The molecule has 0 spiro atoms. The second kappa shape index (κ2) is 99.6. The Balaban J connectivity index is -0.0000000278. The van der Waals surface area contributed by atoms with Gasteiger partial charge in [-0.25, -0.2) is 0 Å². The van der Waals surface area contributed by atoms with E-state index in [9.17, 15) is 0 Å². The van der Waals surface area contributed by atoms with Crippen LogP contribution in [0.3, 0.4) is 0 Å². The van der Waals surface area contributed by atoms with Gasteiger partial charge in [0, 0.05) is 0 Å². The van der Waals surface area contributed by atoms with E-state index >= 15 is 0 Å². The summed E-state index contributed by atoms with van der Waals surface area (Å²) in [7, 11) is -43.8. The van der Waals surface area contributed by atoms with Crippen LogP contribution in [0.4, 0.5) is 0 Å². The molecule has 0 aliphatic heterocycles. The van der Waals surface area contributed by atoms with E-state index in [4.69, 9.17) is 212 Å². The van der Waals surface area contributed by atoms with E-state index < -0.39 is 131 Å². The molecule has 0 bridgehead atoms. The first-order valence-electron chi connectivity index (χ1n) is 9.68. The van der Waals surface area contributed by atoms with Crippen molar-refractivity contribution in [3.63, 3.8) is 0 Å². The monoisotopic (exact) mass is 1250 g/mol. The first-order chi connectivity index (χ1) is 26.0. The Labute approximate surface area is 342 Å². The van der Waals surface area contributed by atoms with Crippen LogP contribution in [0.1, 0.15) is 0 Å². The van der Waals surface area contributed by atoms with E-state index in [0.29, 0.717) is 0 Å². The fourth-order valence-electron chi connectivity index (χ4n) is 0. The molecular formula is H43O45P14V. The van der Waals surface area contributed by atoms with E-state index in [0.717, 1.165) is 0 Å². The summed E-state index contributed by atoms with van der Waals surface area (Å²) < 4.78 is 147. The van der Waals surface area contributed by atoms with Crippen LogP contribution in [0.15, 0.2) is 0 Å². The molecule has 0 atom stereocenters. The summed E-state index contributed by atoms with van der Waals surface area (Å²) in [4.78, 5) is 200. The second-order valence-electron chi connectivity index (χ2n) is 4.19. The Kier molecular flexibility index (Phi) is 174. The van der Waals surface area contributed by atoms with Gasteiger partial charge in [0.25, 0.3) is 0 Å². The molecule has 0 heterocycles. The molecular weight excluding hydrogens is 1200 g/mol. The molecule has 0 unspecified atom stereocenters. The van der Waals surface area contributed by atoms with Gasteiger partial charge in [-0.05, 0) is 0 Å². The fourth-order valence-corrected chi connectivity index (χ4v) is 0. The van der Waals surface area contributed by atoms with Crippen LogP contribution in [-0.2, 0) is 86.7 Å². The summed E-state index contributed by atoms with van der Waals surface area (Å²) in [5.41, 5.74) is 0. The minimum atomic E-state index is -3.69. The van der Waals surface area contributed by atoms with Gasteiger partial charge in [-0.2, -0.15) is 0 Å². The zero-order valence-electron chi connectivity index (χ0n) is 26.9. The van der Waals surface area contributed by atoms with Crippen molar-refractivity contribution in [2.75, 3.05) is 0 Å². The SMILES string of the molecule is O=[PH](O)O.O=[PH](O)O.O=[PH](O)O.O=[PH](O)O.O=[PH](O)O.O=[PH](O)O.O=[PH](O)O.O=[PH](O)O.O=[PH](O)O.O=[PH](O)O.O=[PH](O)O.O=[PH](O)O.O=[PH](O)O.O=[PH](O)O.[O]=[V](=[O])[OH]. The van der Waals surface area contributed by atoms with Gasteiger partial charge in [0.15, 0.2) is 0 Å². The standard InChI is InChI=1S/14H3O3P.H2O.2O.V/c14*1-4(2)3;;;;/h14*4H,(H2,1,2,3);1H2;;;/q;;;;;;;;;;;;;;;;;+1/p-1. The first-order valence-corrected chi connectivity index (χ1v) is 29.7. The Morgan fingerprint density at radius 1 is 0.167 bits per heavy atom. The Hall–Kier alpha value is 2.24. The quantitative estimate of drug-likeness (QED) is 0.100. The zero-order chi connectivity index (χ0) is 53.7. The van der Waals surface area contributed by atoms with Crippen molar-refractivity contribution in [2.24, 2.45) is 0 Å². The van der Waals surface area contributed by atoms with Gasteiger partial charge in [0.05, 0.1) is 0 Å². The van der Waals surface area contributed by atoms with Gasteiger partial charge in [-0.15, -0.1) is 0 Å². The normalized spacial score (nSPS) is 8.58. The van der Waals surface area contributed by atoms with E-state index in [2.05, 4.69) is 0 Å². The van der Waals surface area contributed by atoms with Crippen molar-refractivity contribution in [1.29, 1.82) is 0 Å². The van der Waals surface area contributed by atoms with Crippen LogP contribution in [0.2, 0.25) is 0 Å². The fraction of sp³-hybridized carbons (Fsp3) is 0. The van der Waals surface area contributed by atoms with E-state index in [1.54, 1.807) is 0 Å². The van der Waals surface area contributed by atoms with Crippen LogP contribution in [-0.4, -0.2) is 141 Å². The van der Waals surface area contributed by atoms with Crippen molar-refractivity contribution in [1.82, 2.24) is 0 Å². The molecule has 0 aromatic heterocycles. The molecule has 60 heavy (non-hydrogen) atoms. The predicted octanol–water partition coefficient (Wildman–Crippen LogP) is -9.75. The molecule has 0 fully saturated rings. The third-order valence-electron chi connectivity index (χ3n) is 0. The maximum atomic E-state index is 8.74. The van der Waals surface area contributed by atoms with E-state index in [1.807, 2.05) is 0 Å². The molecule has 0 aliphatic rings. The number of rotatable bonds is 0. The summed E-state index contributed by atoms with van der Waals surface area (Å²) in [5, 5.41) is 0. The predicted molar refractivity (Wildman–Crippen MR) is 192 cm³/mol. The van der Waals surface area contributed by atoms with Crippen LogP contribution < -0.4 is 0 Å². The maximum absolute atomic E-state index is 8.74. The molecule has 0 aliphatic carbocycles. The van der Waals surface area contributed by atoms with Crippen LogP contribution in [0, 0.1) is 0 Å². The molecule has 0 aromatic rings. The van der Waals surface area contributed by atoms with Crippen LogP contribution in [0.5, 0.6) is 0 Å². The van der Waals surface area contributed by atoms with Crippen molar-refractivity contribution < 1.29 is 228 Å². The van der Waals surface area contributed by atoms with Crippen molar-refractivity contribution in [3.05, 3.63) is 0 Å². The first kappa shape index (κ1) is 105. The molecule has 60 heteroatoms. The van der Waals surface area contributed by atoms with Crippen molar-refractivity contribution in [2.45, 2.75) is 0 Å². The molecule has 0 aromatic carbocycles. The van der Waals surface area contributed by atoms with Gasteiger partial charge < -0.3 is 137 Å². The van der Waals surface area contributed by atoms with E-state index in [-0.39, 0.29) is 0 Å². The van der Waals surface area contributed by atoms with Crippen molar-refractivity contribution in [3.8, 4) is 0 Å². The zero-order valence-corrected chi connectivity index (χ0v) is 42.3. The van der Waals surface area contributed by atoms with Crippen LogP contribution >= 0.6 is 116 Å². The Bertz CT molecular complexity index is 836. The summed E-state index contributed by atoms with van der Waals surface area (Å²) in [6.45, 7) is 0. The molecule has 0 saturated heterocycles. The second-order valence-corrected chi connectivity index (χ2v) is 12.8. The summed E-state index contributed by atoms with van der Waals surface area (Å²) in [6, 6.07) is 0. The Morgan fingerprint density at radius 2 is 0.167 bits per heavy atom. The molecule has 45 nitrogen and oxygen atoms in total.